The van der Waals surface area contributed by atoms with Gasteiger partial charge in [0.05, 0.1) is 5.92 Å². The van der Waals surface area contributed by atoms with E-state index in [4.69, 9.17) is 16.6 Å². The first-order chi connectivity index (χ1) is 10.0. The van der Waals surface area contributed by atoms with Gasteiger partial charge in [0, 0.05) is 12.6 Å². The zero-order chi connectivity index (χ0) is 17.3. The van der Waals surface area contributed by atoms with Gasteiger partial charge in [0.25, 0.3) is 5.91 Å². The van der Waals surface area contributed by atoms with E-state index < -0.39 is 22.2 Å². The van der Waals surface area contributed by atoms with Gasteiger partial charge in [-0.15, -0.1) is 0 Å². The van der Waals surface area contributed by atoms with Crippen LogP contribution in [0.3, 0.4) is 0 Å². The standard InChI is InChI=1S/C7H15N3O2.C4H5NO4S/c1-5(6(11)12)3-2-4-10-7(8)9;1-3-2-4(6)5-10(7,8)9-3/h5H,2-4H2,1H3,(H,11,12)(H4,8,9,10);2H,1H3,(H,5,6)/t5-;/m0./s1. The Balaban J connectivity index is 0.000000406. The van der Waals surface area contributed by atoms with Crippen molar-refractivity contribution in [2.45, 2.75) is 26.7 Å². The quantitative estimate of drug-likeness (QED) is 0.282. The second-order valence-electron chi connectivity index (χ2n) is 4.45. The predicted octanol–water partition coefficient (Wildman–Crippen LogP) is -0.958. The first-order valence-electron chi connectivity index (χ1n) is 6.26. The van der Waals surface area contributed by atoms with Crippen molar-refractivity contribution in [3.05, 3.63) is 11.8 Å². The average molecular weight is 336 g/mol. The predicted molar refractivity (Wildman–Crippen MR) is 78.6 cm³/mol. The molecule has 0 saturated heterocycles. The van der Waals surface area contributed by atoms with E-state index in [-0.39, 0.29) is 17.6 Å². The van der Waals surface area contributed by atoms with Crippen LogP contribution in [-0.4, -0.2) is 37.9 Å². The van der Waals surface area contributed by atoms with Crippen LogP contribution >= 0.6 is 0 Å². The normalized spacial score (nSPS) is 16.8. The van der Waals surface area contributed by atoms with E-state index in [0.29, 0.717) is 19.4 Å². The Morgan fingerprint density at radius 1 is 1.50 bits per heavy atom. The van der Waals surface area contributed by atoms with E-state index in [0.717, 1.165) is 6.08 Å². The van der Waals surface area contributed by atoms with Crippen molar-refractivity contribution >= 4 is 28.1 Å². The summed E-state index contributed by atoms with van der Waals surface area (Å²) in [7, 11) is -3.85. The van der Waals surface area contributed by atoms with Crippen LogP contribution in [0, 0.1) is 5.92 Å². The zero-order valence-electron chi connectivity index (χ0n) is 12.3. The minimum absolute atomic E-state index is 0.0537. The highest BCUT2D eigenvalue weighted by molar-refractivity contribution is 7.85. The number of nitrogens with two attached hydrogens (primary N) is 2. The summed E-state index contributed by atoms with van der Waals surface area (Å²) in [6, 6.07) is 0. The molecule has 1 aliphatic heterocycles. The molecule has 6 N–H and O–H groups in total. The van der Waals surface area contributed by atoms with Gasteiger partial charge < -0.3 is 20.8 Å². The molecule has 0 fully saturated rings. The highest BCUT2D eigenvalue weighted by Gasteiger charge is 2.20. The number of hydrogen-bond acceptors (Lipinski definition) is 6. The molecule has 126 valence electrons. The van der Waals surface area contributed by atoms with E-state index in [1.807, 2.05) is 0 Å². The molecule has 0 radical (unpaired) electrons. The van der Waals surface area contributed by atoms with Gasteiger partial charge in [0.1, 0.15) is 5.76 Å². The number of rotatable bonds is 5. The van der Waals surface area contributed by atoms with Crippen LogP contribution in [0.4, 0.5) is 0 Å². The van der Waals surface area contributed by atoms with Crippen LogP contribution in [0.2, 0.25) is 0 Å². The third-order valence-electron chi connectivity index (χ3n) is 2.31. The third kappa shape index (κ3) is 9.58. The molecule has 0 unspecified atom stereocenters. The number of guanidine groups is 1. The molecule has 1 heterocycles. The first-order valence-corrected chi connectivity index (χ1v) is 7.67. The van der Waals surface area contributed by atoms with Crippen LogP contribution in [0.5, 0.6) is 0 Å². The maximum absolute atomic E-state index is 10.5. The summed E-state index contributed by atoms with van der Waals surface area (Å²) in [6.45, 7) is 3.55. The Morgan fingerprint density at radius 2 is 2.09 bits per heavy atom. The van der Waals surface area contributed by atoms with Crippen molar-refractivity contribution in [3.8, 4) is 0 Å². The number of carboxylic acid groups (broad SMARTS) is 1. The van der Waals surface area contributed by atoms with Crippen molar-refractivity contribution in [2.24, 2.45) is 22.4 Å². The van der Waals surface area contributed by atoms with Gasteiger partial charge in [0.15, 0.2) is 5.96 Å². The molecule has 11 heteroatoms. The summed E-state index contributed by atoms with van der Waals surface area (Å²) in [5.74, 6) is -1.65. The van der Waals surface area contributed by atoms with Gasteiger partial charge >= 0.3 is 16.3 Å². The minimum Gasteiger partial charge on any atom is -0.481 e. The summed E-state index contributed by atoms with van der Waals surface area (Å²) in [4.78, 5) is 24.5. The number of carboxylic acids is 1. The van der Waals surface area contributed by atoms with Crippen LogP contribution in [0.15, 0.2) is 16.8 Å². The van der Waals surface area contributed by atoms with Crippen LogP contribution in [-0.2, 0) is 24.1 Å². The fraction of sp³-hybridized carbons (Fsp3) is 0.545. The molecule has 0 aromatic carbocycles. The summed E-state index contributed by atoms with van der Waals surface area (Å²) < 4.78 is 26.8. The fourth-order valence-electron chi connectivity index (χ4n) is 1.28. The number of nitrogens with zero attached hydrogens (tertiary/aromatic N) is 1. The highest BCUT2D eigenvalue weighted by Crippen LogP contribution is 2.05. The molecule has 0 spiro atoms. The van der Waals surface area contributed by atoms with Gasteiger partial charge in [-0.1, -0.05) is 6.92 Å². The third-order valence-corrected chi connectivity index (χ3v) is 3.25. The number of carbonyl (C=O) groups excluding carboxylic acids is 1. The molecule has 0 aliphatic carbocycles. The summed E-state index contributed by atoms with van der Waals surface area (Å²) in [5.41, 5.74) is 10.2. The Hall–Kier alpha value is -2.30. The SMILES string of the molecule is CC1=CC(=O)NS(=O)(=O)O1.C[C@@H](CCCN=C(N)N)C(=O)O. The number of nitrogens with one attached hydrogen (secondary N) is 1. The summed E-state index contributed by atoms with van der Waals surface area (Å²) in [6.07, 6.45) is 2.36. The molecular weight excluding hydrogens is 316 g/mol. The topological polar surface area (TPSA) is 174 Å². The van der Waals surface area contributed by atoms with Gasteiger partial charge in [-0.05, 0) is 19.8 Å². The van der Waals surface area contributed by atoms with Crippen molar-refractivity contribution in [3.63, 3.8) is 0 Å². The number of carbonyl (C=O) groups is 2. The molecule has 1 aliphatic rings. The molecule has 1 atom stereocenters. The molecule has 10 nitrogen and oxygen atoms in total. The lowest BCUT2D eigenvalue weighted by molar-refractivity contribution is -0.141. The minimum atomic E-state index is -3.85. The molecule has 0 aromatic rings. The van der Waals surface area contributed by atoms with E-state index in [9.17, 15) is 18.0 Å². The second kappa shape index (κ2) is 8.87. The first kappa shape index (κ1) is 19.7. The smallest absolute Gasteiger partial charge is 0.409 e. The fourth-order valence-corrected chi connectivity index (χ4v) is 2.03. The van der Waals surface area contributed by atoms with E-state index in [1.54, 1.807) is 11.6 Å². The van der Waals surface area contributed by atoms with Crippen molar-refractivity contribution < 1.29 is 27.3 Å². The Bertz CT molecular complexity index is 565. The molecule has 0 aromatic heterocycles. The molecule has 22 heavy (non-hydrogen) atoms. The van der Waals surface area contributed by atoms with Crippen LogP contribution < -0.4 is 16.2 Å². The summed E-state index contributed by atoms with van der Waals surface area (Å²) in [5, 5.41) is 8.51. The number of aliphatic imine (C=N–C) groups is 1. The number of allylic oxidation sites excluding steroid dienone is 1. The van der Waals surface area contributed by atoms with Crippen molar-refractivity contribution in [1.82, 2.24) is 4.72 Å². The van der Waals surface area contributed by atoms with Gasteiger partial charge in [-0.25, -0.2) is 4.72 Å². The lowest BCUT2D eigenvalue weighted by atomic mass is 10.1. The largest absolute Gasteiger partial charge is 0.481 e. The van der Waals surface area contributed by atoms with Crippen molar-refractivity contribution in [1.29, 1.82) is 0 Å². The number of aliphatic carboxylic acids is 1. The lowest BCUT2D eigenvalue weighted by Crippen LogP contribution is -2.34. The molecule has 0 saturated carbocycles. The molecule has 0 bridgehead atoms. The monoisotopic (exact) mass is 336 g/mol. The molecule has 1 rings (SSSR count). The Kier molecular flexibility index (Phi) is 7.94. The average Bonchev–Trinajstić information content (AvgIpc) is 2.31. The van der Waals surface area contributed by atoms with Gasteiger partial charge in [-0.2, -0.15) is 8.42 Å². The van der Waals surface area contributed by atoms with Gasteiger partial charge in [-0.3, -0.25) is 14.6 Å². The Labute approximate surface area is 128 Å². The Morgan fingerprint density at radius 3 is 2.50 bits per heavy atom. The molecule has 1 amide bonds. The van der Waals surface area contributed by atoms with Crippen molar-refractivity contribution in [2.75, 3.05) is 6.54 Å². The molecular formula is C11H20N4O6S. The maximum Gasteiger partial charge on any atom is 0.409 e. The highest BCUT2D eigenvalue weighted by atomic mass is 32.2. The zero-order valence-corrected chi connectivity index (χ0v) is 13.1. The van der Waals surface area contributed by atoms with Crippen LogP contribution in [0.1, 0.15) is 26.7 Å². The van der Waals surface area contributed by atoms with E-state index >= 15 is 0 Å². The van der Waals surface area contributed by atoms with Crippen LogP contribution in [0.25, 0.3) is 0 Å². The van der Waals surface area contributed by atoms with E-state index in [1.165, 1.54) is 6.92 Å². The number of amides is 1. The van der Waals surface area contributed by atoms with E-state index in [2.05, 4.69) is 9.18 Å². The summed E-state index contributed by atoms with van der Waals surface area (Å²) >= 11 is 0. The van der Waals surface area contributed by atoms with Gasteiger partial charge in [0.2, 0.25) is 0 Å². The maximum atomic E-state index is 10.5. The second-order valence-corrected chi connectivity index (χ2v) is 5.73. The number of hydrogen-bond donors (Lipinski definition) is 4. The lowest BCUT2D eigenvalue weighted by Gasteiger charge is -2.10.